The van der Waals surface area contributed by atoms with Gasteiger partial charge in [-0.1, -0.05) is 42.5 Å². The molecule has 3 heteroatoms. The molecule has 0 aliphatic heterocycles. The molecule has 1 aromatic heterocycles. The molecule has 0 saturated carbocycles. The third-order valence-electron chi connectivity index (χ3n) is 4.52. The number of rotatable bonds is 6. The zero-order valence-electron chi connectivity index (χ0n) is 15.0. The maximum absolute atomic E-state index is 10.7. The van der Waals surface area contributed by atoms with E-state index in [9.17, 15) is 4.79 Å². The number of aliphatic carboxylic acids is 1. The summed E-state index contributed by atoms with van der Waals surface area (Å²) in [6, 6.07) is 10.5. The van der Waals surface area contributed by atoms with Crippen LogP contribution in [-0.2, 0) is 4.79 Å². The van der Waals surface area contributed by atoms with E-state index in [1.54, 1.807) is 0 Å². The molecule has 0 fully saturated rings. The number of carbonyl (C=O) groups is 1. The van der Waals surface area contributed by atoms with Crippen LogP contribution in [0.25, 0.3) is 17.2 Å². The maximum Gasteiger partial charge on any atom is 0.303 e. The number of fused-ring (bicyclic) bond motifs is 2. The molecule has 2 aromatic rings. The molecule has 1 aliphatic rings. The highest BCUT2D eigenvalue weighted by molar-refractivity contribution is 6.00. The Morgan fingerprint density at radius 3 is 2.77 bits per heavy atom. The summed E-state index contributed by atoms with van der Waals surface area (Å²) in [6.07, 6.45) is 15.0. The fraction of sp³-hybridized carbons (Fsp3) is 0.217. The molecule has 0 amide bonds. The zero-order valence-corrected chi connectivity index (χ0v) is 15.0. The van der Waals surface area contributed by atoms with E-state index in [0.29, 0.717) is 6.42 Å². The fourth-order valence-corrected chi connectivity index (χ4v) is 3.32. The molecule has 0 atom stereocenters. The number of hydrogen-bond donors (Lipinski definition) is 1. The third kappa shape index (κ3) is 3.99. The van der Waals surface area contributed by atoms with Gasteiger partial charge in [-0.25, -0.2) is 0 Å². The number of allylic oxidation sites excluding steroid dienone is 4. The molecule has 3 nitrogen and oxygen atoms in total. The second kappa shape index (κ2) is 8.43. The standard InChI is InChI=1S/C23H23NO2/c1-2-8-17-15-18-9-6-7-10-19(18)21(11-4-3-5-12-23(25)26)22-16-24-14-13-20(17)22/h2,6-11,13-16H,3-5,12H2,1H3,(H,25,26)/b8-2-,21-11-. The van der Waals surface area contributed by atoms with Crippen LogP contribution in [0.5, 0.6) is 0 Å². The number of benzene rings is 1. The Morgan fingerprint density at radius 2 is 1.96 bits per heavy atom. The molecule has 0 unspecified atom stereocenters. The average Bonchev–Trinajstić information content (AvgIpc) is 2.77. The van der Waals surface area contributed by atoms with Crippen LogP contribution in [0.15, 0.2) is 61.0 Å². The summed E-state index contributed by atoms with van der Waals surface area (Å²) in [5.41, 5.74) is 7.03. The second-order valence-electron chi connectivity index (χ2n) is 6.37. The van der Waals surface area contributed by atoms with E-state index >= 15 is 0 Å². The monoisotopic (exact) mass is 345 g/mol. The normalized spacial score (nSPS) is 14.7. The van der Waals surface area contributed by atoms with Gasteiger partial charge in [-0.15, -0.1) is 0 Å². The molecule has 1 N–H and O–H groups in total. The summed E-state index contributed by atoms with van der Waals surface area (Å²) in [4.78, 5) is 15.1. The van der Waals surface area contributed by atoms with Crippen LogP contribution < -0.4 is 0 Å². The van der Waals surface area contributed by atoms with Crippen LogP contribution >= 0.6 is 0 Å². The first-order valence-electron chi connectivity index (χ1n) is 9.01. The SMILES string of the molecule is C/C=C\C1=Cc2ccccc2/C(=C/CCCCC(=O)O)c2cnccc21. The lowest BCUT2D eigenvalue weighted by Gasteiger charge is -2.12. The molecule has 1 heterocycles. The first-order chi connectivity index (χ1) is 12.7. The van der Waals surface area contributed by atoms with Gasteiger partial charge in [0.15, 0.2) is 0 Å². The van der Waals surface area contributed by atoms with Crippen molar-refractivity contribution in [1.82, 2.24) is 4.98 Å². The van der Waals surface area contributed by atoms with Crippen molar-refractivity contribution in [3.8, 4) is 0 Å². The summed E-state index contributed by atoms with van der Waals surface area (Å²) < 4.78 is 0. The van der Waals surface area contributed by atoms with Crippen molar-refractivity contribution in [3.05, 3.63) is 83.2 Å². The van der Waals surface area contributed by atoms with Crippen LogP contribution in [0, 0.1) is 0 Å². The largest absolute Gasteiger partial charge is 0.481 e. The van der Waals surface area contributed by atoms with Crippen molar-refractivity contribution in [2.75, 3.05) is 0 Å². The number of hydrogen-bond acceptors (Lipinski definition) is 2. The Bertz CT molecular complexity index is 891. The minimum absolute atomic E-state index is 0.227. The smallest absolute Gasteiger partial charge is 0.303 e. The first kappa shape index (κ1) is 17.9. The predicted octanol–water partition coefficient (Wildman–Crippen LogP) is 5.59. The Hall–Kier alpha value is -2.94. The molecule has 0 spiro atoms. The van der Waals surface area contributed by atoms with Crippen molar-refractivity contribution in [3.63, 3.8) is 0 Å². The number of nitrogens with zero attached hydrogens (tertiary/aromatic N) is 1. The van der Waals surface area contributed by atoms with Gasteiger partial charge in [0.2, 0.25) is 0 Å². The van der Waals surface area contributed by atoms with E-state index < -0.39 is 5.97 Å². The molecule has 1 aliphatic carbocycles. The van der Waals surface area contributed by atoms with E-state index in [1.807, 2.05) is 19.3 Å². The van der Waals surface area contributed by atoms with E-state index in [4.69, 9.17) is 5.11 Å². The molecular formula is C23H23NO2. The highest BCUT2D eigenvalue weighted by Crippen LogP contribution is 2.37. The highest BCUT2D eigenvalue weighted by Gasteiger charge is 2.18. The van der Waals surface area contributed by atoms with E-state index in [1.165, 1.54) is 27.8 Å². The molecule has 0 radical (unpaired) electrons. The summed E-state index contributed by atoms with van der Waals surface area (Å²) in [6.45, 7) is 2.03. The molecule has 26 heavy (non-hydrogen) atoms. The molecule has 132 valence electrons. The van der Waals surface area contributed by atoms with E-state index in [-0.39, 0.29) is 6.42 Å². The van der Waals surface area contributed by atoms with Crippen LogP contribution in [0.4, 0.5) is 0 Å². The lowest BCUT2D eigenvalue weighted by Crippen LogP contribution is -1.95. The van der Waals surface area contributed by atoms with Gasteiger partial charge >= 0.3 is 5.97 Å². The maximum atomic E-state index is 10.7. The quantitative estimate of drug-likeness (QED) is 0.694. The number of carboxylic acids is 1. The lowest BCUT2D eigenvalue weighted by atomic mass is 9.92. The minimum atomic E-state index is -0.729. The number of aromatic nitrogens is 1. The molecule has 1 aromatic carbocycles. The molecule has 0 saturated heterocycles. The molecule has 0 bridgehead atoms. The van der Waals surface area contributed by atoms with Gasteiger partial charge < -0.3 is 5.11 Å². The van der Waals surface area contributed by atoms with Gasteiger partial charge in [0.25, 0.3) is 0 Å². The Kier molecular flexibility index (Phi) is 5.80. The van der Waals surface area contributed by atoms with Gasteiger partial charge in [-0.2, -0.15) is 0 Å². The summed E-state index contributed by atoms with van der Waals surface area (Å²) in [5, 5.41) is 8.80. The van der Waals surface area contributed by atoms with E-state index in [0.717, 1.165) is 18.4 Å². The van der Waals surface area contributed by atoms with Crippen LogP contribution in [0.2, 0.25) is 0 Å². The summed E-state index contributed by atoms with van der Waals surface area (Å²) in [7, 11) is 0. The van der Waals surface area contributed by atoms with Crippen LogP contribution in [-0.4, -0.2) is 16.1 Å². The van der Waals surface area contributed by atoms with Crippen LogP contribution in [0.3, 0.4) is 0 Å². The second-order valence-corrected chi connectivity index (χ2v) is 6.37. The summed E-state index contributed by atoms with van der Waals surface area (Å²) in [5.74, 6) is -0.729. The van der Waals surface area contributed by atoms with Gasteiger partial charge in [0.1, 0.15) is 0 Å². The van der Waals surface area contributed by atoms with Crippen molar-refractivity contribution in [1.29, 1.82) is 0 Å². The number of pyridine rings is 1. The van der Waals surface area contributed by atoms with Gasteiger partial charge in [0.05, 0.1) is 0 Å². The van der Waals surface area contributed by atoms with E-state index in [2.05, 4.69) is 59.6 Å². The summed E-state index contributed by atoms with van der Waals surface area (Å²) >= 11 is 0. The average molecular weight is 345 g/mol. The van der Waals surface area contributed by atoms with Crippen molar-refractivity contribution in [2.45, 2.75) is 32.6 Å². The lowest BCUT2D eigenvalue weighted by molar-refractivity contribution is -0.137. The predicted molar refractivity (Wildman–Crippen MR) is 107 cm³/mol. The van der Waals surface area contributed by atoms with Crippen molar-refractivity contribution in [2.24, 2.45) is 0 Å². The van der Waals surface area contributed by atoms with Gasteiger partial charge in [0, 0.05) is 24.4 Å². The van der Waals surface area contributed by atoms with Crippen molar-refractivity contribution >= 4 is 23.2 Å². The Morgan fingerprint density at radius 1 is 1.12 bits per heavy atom. The Balaban J connectivity index is 2.03. The third-order valence-corrected chi connectivity index (χ3v) is 4.52. The molecule has 3 rings (SSSR count). The minimum Gasteiger partial charge on any atom is -0.481 e. The topological polar surface area (TPSA) is 50.2 Å². The number of unbranched alkanes of at least 4 members (excludes halogenated alkanes) is 2. The fourth-order valence-electron chi connectivity index (χ4n) is 3.32. The highest BCUT2D eigenvalue weighted by atomic mass is 16.4. The van der Waals surface area contributed by atoms with Crippen LogP contribution in [0.1, 0.15) is 54.9 Å². The number of carboxylic acid groups (broad SMARTS) is 1. The first-order valence-corrected chi connectivity index (χ1v) is 9.01. The molecular weight excluding hydrogens is 322 g/mol. The zero-order chi connectivity index (χ0) is 18.4. The Labute approximate surface area is 154 Å². The van der Waals surface area contributed by atoms with Crippen molar-refractivity contribution < 1.29 is 9.90 Å². The van der Waals surface area contributed by atoms with Gasteiger partial charge in [-0.05, 0) is 66.2 Å². The van der Waals surface area contributed by atoms with Gasteiger partial charge in [-0.3, -0.25) is 9.78 Å².